The zero-order valence-corrected chi connectivity index (χ0v) is 11.3. The third-order valence-electron chi connectivity index (χ3n) is 2.39. The Hall–Kier alpha value is -0.680. The van der Waals surface area contributed by atoms with Gasteiger partial charge in [-0.2, -0.15) is 4.37 Å². The first-order chi connectivity index (χ1) is 7.47. The van der Waals surface area contributed by atoms with Gasteiger partial charge in [0.05, 0.1) is 0 Å². The topological polar surface area (TPSA) is 58.0 Å². The fraction of sp³-hybridized carbons (Fsp3) is 0.818. The monoisotopic (exact) mass is 243 g/mol. The molecule has 0 aromatic carbocycles. The molecule has 0 aliphatic rings. The van der Waals surface area contributed by atoms with E-state index in [9.17, 15) is 0 Å². The molecule has 0 fully saturated rings. The predicted molar refractivity (Wildman–Crippen MR) is 68.0 cm³/mol. The van der Waals surface area contributed by atoms with Gasteiger partial charge in [0.15, 0.2) is 0 Å². The van der Waals surface area contributed by atoms with Crippen molar-refractivity contribution in [2.45, 2.75) is 52.0 Å². The summed E-state index contributed by atoms with van der Waals surface area (Å²) in [7, 11) is 0. The van der Waals surface area contributed by atoms with Crippen molar-refractivity contribution >= 4 is 16.7 Å². The van der Waals surface area contributed by atoms with Crippen molar-refractivity contribution < 1.29 is 5.11 Å². The van der Waals surface area contributed by atoms with Crippen molar-refractivity contribution in [1.82, 2.24) is 9.36 Å². The number of nitrogens with zero attached hydrogens (tertiary/aromatic N) is 2. The standard InChI is InChI=1S/C11H21N3OS/c1-5-8(6-7-15)12-10-13-9(14-16-10)11(2,3)4/h8,15H,5-7H2,1-4H3,(H,12,13,14). The van der Waals surface area contributed by atoms with E-state index in [2.05, 4.69) is 42.4 Å². The summed E-state index contributed by atoms with van der Waals surface area (Å²) in [5.41, 5.74) is -0.00484. The molecule has 5 heteroatoms. The molecule has 0 spiro atoms. The molecule has 1 aromatic rings. The second-order valence-electron chi connectivity index (χ2n) is 4.93. The molecular formula is C11H21N3OS. The van der Waals surface area contributed by atoms with Gasteiger partial charge < -0.3 is 10.4 Å². The van der Waals surface area contributed by atoms with Gasteiger partial charge in [-0.25, -0.2) is 4.98 Å². The third kappa shape index (κ3) is 3.72. The molecule has 1 rings (SSSR count). The average Bonchev–Trinajstić information content (AvgIpc) is 2.65. The van der Waals surface area contributed by atoms with Crippen molar-refractivity contribution in [3.63, 3.8) is 0 Å². The van der Waals surface area contributed by atoms with Crippen LogP contribution in [-0.2, 0) is 5.41 Å². The van der Waals surface area contributed by atoms with Gasteiger partial charge in [-0.1, -0.05) is 27.7 Å². The van der Waals surface area contributed by atoms with E-state index in [4.69, 9.17) is 5.11 Å². The van der Waals surface area contributed by atoms with Gasteiger partial charge in [-0.05, 0) is 12.8 Å². The minimum absolute atomic E-state index is 0.00484. The highest BCUT2D eigenvalue weighted by Gasteiger charge is 2.20. The van der Waals surface area contributed by atoms with Crippen LogP contribution in [0.5, 0.6) is 0 Å². The summed E-state index contributed by atoms with van der Waals surface area (Å²) in [4.78, 5) is 4.47. The van der Waals surface area contributed by atoms with Crippen LogP contribution in [0.2, 0.25) is 0 Å². The van der Waals surface area contributed by atoms with Crippen molar-refractivity contribution in [1.29, 1.82) is 0 Å². The number of aliphatic hydroxyl groups excluding tert-OH is 1. The number of nitrogens with one attached hydrogen (secondary N) is 1. The average molecular weight is 243 g/mol. The quantitative estimate of drug-likeness (QED) is 0.834. The first-order valence-electron chi connectivity index (χ1n) is 5.69. The molecule has 1 heterocycles. The van der Waals surface area contributed by atoms with Gasteiger partial charge in [0.25, 0.3) is 0 Å². The largest absolute Gasteiger partial charge is 0.396 e. The van der Waals surface area contributed by atoms with Crippen LogP contribution < -0.4 is 5.32 Å². The zero-order chi connectivity index (χ0) is 12.2. The van der Waals surface area contributed by atoms with Crippen LogP contribution in [-0.4, -0.2) is 27.1 Å². The summed E-state index contributed by atoms with van der Waals surface area (Å²) in [6, 6.07) is 0.283. The van der Waals surface area contributed by atoms with Crippen LogP contribution in [0.4, 0.5) is 5.13 Å². The Morgan fingerprint density at radius 3 is 2.56 bits per heavy atom. The van der Waals surface area contributed by atoms with Gasteiger partial charge >= 0.3 is 0 Å². The van der Waals surface area contributed by atoms with Crippen LogP contribution in [0.3, 0.4) is 0 Å². The molecule has 1 unspecified atom stereocenters. The van der Waals surface area contributed by atoms with Crippen LogP contribution >= 0.6 is 11.5 Å². The number of aliphatic hydroxyl groups is 1. The van der Waals surface area contributed by atoms with Gasteiger partial charge in [-0.15, -0.1) is 0 Å². The summed E-state index contributed by atoms with van der Waals surface area (Å²) in [5.74, 6) is 0.874. The van der Waals surface area contributed by atoms with Crippen LogP contribution in [0.1, 0.15) is 46.4 Å². The lowest BCUT2D eigenvalue weighted by atomic mass is 9.96. The van der Waals surface area contributed by atoms with Gasteiger partial charge in [0, 0.05) is 29.6 Å². The Morgan fingerprint density at radius 1 is 1.44 bits per heavy atom. The number of aromatic nitrogens is 2. The molecule has 92 valence electrons. The van der Waals surface area contributed by atoms with E-state index >= 15 is 0 Å². The SMILES string of the molecule is CCC(CCO)Nc1nc(C(C)(C)C)ns1. The summed E-state index contributed by atoms with van der Waals surface area (Å²) in [6.07, 6.45) is 1.73. The zero-order valence-electron chi connectivity index (χ0n) is 10.4. The molecule has 0 saturated carbocycles. The summed E-state index contributed by atoms with van der Waals surface area (Å²) in [6.45, 7) is 8.60. The molecule has 0 saturated heterocycles. The number of hydrogen-bond acceptors (Lipinski definition) is 5. The number of hydrogen-bond donors (Lipinski definition) is 2. The minimum Gasteiger partial charge on any atom is -0.396 e. The molecule has 1 aromatic heterocycles. The summed E-state index contributed by atoms with van der Waals surface area (Å²) < 4.78 is 4.34. The molecule has 0 amide bonds. The number of rotatable bonds is 5. The summed E-state index contributed by atoms with van der Waals surface area (Å²) in [5, 5.41) is 13.1. The van der Waals surface area contributed by atoms with E-state index < -0.39 is 0 Å². The van der Waals surface area contributed by atoms with Gasteiger partial charge in [-0.3, -0.25) is 0 Å². The third-order valence-corrected chi connectivity index (χ3v) is 3.04. The maximum Gasteiger partial charge on any atom is 0.202 e. The van der Waals surface area contributed by atoms with Gasteiger partial charge in [0.1, 0.15) is 5.82 Å². The van der Waals surface area contributed by atoms with E-state index in [-0.39, 0.29) is 18.1 Å². The van der Waals surface area contributed by atoms with Crippen LogP contribution in [0.15, 0.2) is 0 Å². The van der Waals surface area contributed by atoms with Crippen molar-refractivity contribution in [2.75, 3.05) is 11.9 Å². The van der Waals surface area contributed by atoms with Crippen LogP contribution in [0.25, 0.3) is 0 Å². The second kappa shape index (κ2) is 5.59. The molecular weight excluding hydrogens is 222 g/mol. The molecule has 2 N–H and O–H groups in total. The molecule has 1 atom stereocenters. The maximum atomic E-state index is 8.91. The smallest absolute Gasteiger partial charge is 0.202 e. The van der Waals surface area contributed by atoms with E-state index in [1.807, 2.05) is 0 Å². The fourth-order valence-corrected chi connectivity index (χ4v) is 2.13. The molecule has 4 nitrogen and oxygen atoms in total. The fourth-order valence-electron chi connectivity index (χ4n) is 1.30. The van der Waals surface area contributed by atoms with E-state index in [1.165, 1.54) is 11.5 Å². The molecule has 0 aliphatic heterocycles. The molecule has 0 bridgehead atoms. The highest BCUT2D eigenvalue weighted by Crippen LogP contribution is 2.23. The maximum absolute atomic E-state index is 8.91. The first-order valence-corrected chi connectivity index (χ1v) is 6.46. The Morgan fingerprint density at radius 2 is 2.12 bits per heavy atom. The second-order valence-corrected chi connectivity index (χ2v) is 5.69. The predicted octanol–water partition coefficient (Wildman–Crippen LogP) is 2.41. The lowest BCUT2D eigenvalue weighted by Gasteiger charge is -2.15. The molecule has 0 aliphatic carbocycles. The Balaban J connectivity index is 2.64. The van der Waals surface area contributed by atoms with E-state index in [1.54, 1.807) is 0 Å². The van der Waals surface area contributed by atoms with Crippen LogP contribution in [0, 0.1) is 0 Å². The minimum atomic E-state index is -0.00484. The Bertz CT molecular complexity index is 319. The van der Waals surface area contributed by atoms with E-state index in [0.717, 1.165) is 23.8 Å². The highest BCUT2D eigenvalue weighted by molar-refractivity contribution is 7.09. The van der Waals surface area contributed by atoms with E-state index in [0.29, 0.717) is 0 Å². The lowest BCUT2D eigenvalue weighted by molar-refractivity contribution is 0.278. The Labute approximate surface area is 101 Å². The lowest BCUT2D eigenvalue weighted by Crippen LogP contribution is -2.20. The number of anilines is 1. The summed E-state index contributed by atoms with van der Waals surface area (Å²) >= 11 is 1.39. The van der Waals surface area contributed by atoms with Crippen molar-refractivity contribution in [2.24, 2.45) is 0 Å². The normalized spacial score (nSPS) is 13.8. The molecule has 0 radical (unpaired) electrons. The highest BCUT2D eigenvalue weighted by atomic mass is 32.1. The Kier molecular flexibility index (Phi) is 4.68. The first kappa shape index (κ1) is 13.4. The van der Waals surface area contributed by atoms with Crippen molar-refractivity contribution in [3.05, 3.63) is 5.82 Å². The van der Waals surface area contributed by atoms with Gasteiger partial charge in [0.2, 0.25) is 5.13 Å². The van der Waals surface area contributed by atoms with Crippen molar-refractivity contribution in [3.8, 4) is 0 Å². The molecule has 16 heavy (non-hydrogen) atoms.